The number of carbonyl (C=O) groups excluding carboxylic acids is 1. The van der Waals surface area contributed by atoms with Crippen LogP contribution >= 0.6 is 0 Å². The van der Waals surface area contributed by atoms with Crippen LogP contribution in [0.15, 0.2) is 65.7 Å². The lowest BCUT2D eigenvalue weighted by Crippen LogP contribution is -2.44. The van der Waals surface area contributed by atoms with Crippen LogP contribution in [0.3, 0.4) is 0 Å². The van der Waals surface area contributed by atoms with E-state index in [9.17, 15) is 4.79 Å². The van der Waals surface area contributed by atoms with Gasteiger partial charge in [-0.2, -0.15) is 0 Å². The number of rotatable bonds is 8. The number of fused-ring (bicyclic) bond motifs is 1. The molecule has 0 aliphatic carbocycles. The number of carbonyl (C=O) groups is 1. The molecule has 0 saturated carbocycles. The van der Waals surface area contributed by atoms with Gasteiger partial charge in [0.05, 0.1) is 16.9 Å². The van der Waals surface area contributed by atoms with Gasteiger partial charge >= 0.3 is 0 Å². The summed E-state index contributed by atoms with van der Waals surface area (Å²) >= 11 is 0. The minimum Gasteiger partial charge on any atom is -0.382 e. The maximum Gasteiger partial charge on any atom is 0.257 e. The Hall–Kier alpha value is -4.11. The van der Waals surface area contributed by atoms with Crippen molar-refractivity contribution in [3.63, 3.8) is 0 Å². The lowest BCUT2D eigenvalue weighted by Gasteiger charge is -2.33. The molecule has 0 unspecified atom stereocenters. The molecule has 1 saturated heterocycles. The maximum absolute atomic E-state index is 13.0. The molecule has 4 rings (SSSR count). The van der Waals surface area contributed by atoms with Crippen molar-refractivity contribution in [1.29, 1.82) is 0 Å². The van der Waals surface area contributed by atoms with Crippen LogP contribution in [0.2, 0.25) is 0 Å². The van der Waals surface area contributed by atoms with Gasteiger partial charge in [-0.05, 0) is 70.5 Å². The number of aliphatic imine (C=N–C) groups is 1. The normalized spacial score (nSPS) is 15.2. The smallest absolute Gasteiger partial charge is 0.257 e. The molecule has 1 amide bonds. The highest BCUT2D eigenvalue weighted by Gasteiger charge is 2.17. The molecule has 3 aromatic rings. The van der Waals surface area contributed by atoms with Crippen LogP contribution in [0.5, 0.6) is 0 Å². The van der Waals surface area contributed by atoms with E-state index in [1.807, 2.05) is 31.2 Å². The Labute approximate surface area is 218 Å². The fourth-order valence-corrected chi connectivity index (χ4v) is 4.12. The third-order valence-electron chi connectivity index (χ3n) is 6.11. The number of nitrogens with zero attached hydrogens (tertiary/aromatic N) is 6. The molecule has 0 atom stereocenters. The van der Waals surface area contributed by atoms with Gasteiger partial charge in [0.1, 0.15) is 11.6 Å². The number of nitrogens with one attached hydrogen (secondary N) is 2. The molecule has 1 aliphatic rings. The summed E-state index contributed by atoms with van der Waals surface area (Å²) in [5, 5.41) is 7.15. The minimum atomic E-state index is -0.233. The van der Waals surface area contributed by atoms with Gasteiger partial charge < -0.3 is 20.4 Å². The van der Waals surface area contributed by atoms with E-state index in [4.69, 9.17) is 4.98 Å². The van der Waals surface area contributed by atoms with Crippen LogP contribution in [0.4, 0.5) is 11.6 Å². The fraction of sp³-hybridized carbons (Fsp3) is 0.321. The molecule has 192 valence electrons. The van der Waals surface area contributed by atoms with Gasteiger partial charge in [-0.3, -0.25) is 9.79 Å². The second-order valence-electron chi connectivity index (χ2n) is 9.50. The number of pyridine rings is 3. The average molecular weight is 499 g/mol. The number of anilines is 2. The predicted molar refractivity (Wildman–Crippen MR) is 151 cm³/mol. The van der Waals surface area contributed by atoms with Crippen LogP contribution in [-0.4, -0.2) is 71.7 Å². The van der Waals surface area contributed by atoms with Crippen molar-refractivity contribution in [2.24, 2.45) is 4.99 Å². The Kier molecular flexibility index (Phi) is 8.25. The summed E-state index contributed by atoms with van der Waals surface area (Å²) < 4.78 is 0. The van der Waals surface area contributed by atoms with Gasteiger partial charge in [0, 0.05) is 67.8 Å². The summed E-state index contributed by atoms with van der Waals surface area (Å²) in [7, 11) is 2.11. The van der Waals surface area contributed by atoms with E-state index in [1.165, 1.54) is 0 Å². The van der Waals surface area contributed by atoms with Crippen molar-refractivity contribution in [2.75, 3.05) is 43.4 Å². The molecule has 0 aromatic carbocycles. The molecular formula is C28H34N8O. The van der Waals surface area contributed by atoms with Crippen molar-refractivity contribution in [3.05, 3.63) is 72.0 Å². The third kappa shape index (κ3) is 6.77. The Morgan fingerprint density at radius 2 is 1.92 bits per heavy atom. The summed E-state index contributed by atoms with van der Waals surface area (Å²) in [6.45, 7) is 13.4. The van der Waals surface area contributed by atoms with Crippen molar-refractivity contribution in [2.45, 2.75) is 26.8 Å². The second kappa shape index (κ2) is 11.7. The summed E-state index contributed by atoms with van der Waals surface area (Å²) in [6, 6.07) is 9.54. The number of hydrogen-bond acceptors (Lipinski definition) is 8. The number of amides is 1. The summed E-state index contributed by atoms with van der Waals surface area (Å²) in [5.41, 5.74) is 3.94. The van der Waals surface area contributed by atoms with E-state index in [0.717, 1.165) is 59.9 Å². The zero-order chi connectivity index (χ0) is 26.4. The van der Waals surface area contributed by atoms with Crippen molar-refractivity contribution in [3.8, 4) is 0 Å². The second-order valence-corrected chi connectivity index (χ2v) is 9.50. The molecule has 3 aromatic heterocycles. The third-order valence-corrected chi connectivity index (χ3v) is 6.11. The monoisotopic (exact) mass is 498 g/mol. The van der Waals surface area contributed by atoms with Crippen LogP contribution < -0.4 is 15.5 Å². The topological polar surface area (TPSA) is 98.6 Å². The highest BCUT2D eigenvalue weighted by Crippen LogP contribution is 2.21. The van der Waals surface area contributed by atoms with Gasteiger partial charge in [0.15, 0.2) is 0 Å². The first-order chi connectivity index (χ1) is 17.8. The SMILES string of the molecule is C=N/C=C(\C=C(/C)c1ccc2cnc(NC(=O)c3ccnc(N4CCN(C)CC4)c3)cc2n1)NC(C)C. The highest BCUT2D eigenvalue weighted by molar-refractivity contribution is 6.04. The largest absolute Gasteiger partial charge is 0.382 e. The van der Waals surface area contributed by atoms with E-state index in [-0.39, 0.29) is 11.9 Å². The van der Waals surface area contributed by atoms with Crippen LogP contribution in [0, 0.1) is 0 Å². The summed E-state index contributed by atoms with van der Waals surface area (Å²) in [4.78, 5) is 35.1. The molecule has 1 fully saturated rings. The number of aromatic nitrogens is 3. The minimum absolute atomic E-state index is 0.233. The lowest BCUT2D eigenvalue weighted by molar-refractivity contribution is 0.102. The molecule has 0 radical (unpaired) electrons. The Morgan fingerprint density at radius 3 is 2.65 bits per heavy atom. The molecule has 0 bridgehead atoms. The van der Waals surface area contributed by atoms with Gasteiger partial charge in [-0.1, -0.05) is 0 Å². The number of allylic oxidation sites excluding steroid dienone is 2. The zero-order valence-corrected chi connectivity index (χ0v) is 21.9. The Balaban J connectivity index is 1.52. The van der Waals surface area contributed by atoms with Crippen molar-refractivity contribution >= 4 is 40.7 Å². The molecule has 9 nitrogen and oxygen atoms in total. The first-order valence-electron chi connectivity index (χ1n) is 12.4. The zero-order valence-electron chi connectivity index (χ0n) is 21.9. The van der Waals surface area contributed by atoms with E-state index < -0.39 is 0 Å². The summed E-state index contributed by atoms with van der Waals surface area (Å²) in [6.07, 6.45) is 7.08. The fourth-order valence-electron chi connectivity index (χ4n) is 4.12. The van der Waals surface area contributed by atoms with Gasteiger partial charge in [-0.25, -0.2) is 15.0 Å². The van der Waals surface area contributed by atoms with Gasteiger partial charge in [-0.15, -0.1) is 0 Å². The van der Waals surface area contributed by atoms with Crippen molar-refractivity contribution < 1.29 is 4.79 Å². The van der Waals surface area contributed by atoms with Crippen LogP contribution in [0.25, 0.3) is 16.5 Å². The van der Waals surface area contributed by atoms with Gasteiger partial charge in [0.2, 0.25) is 0 Å². The standard InChI is InChI=1S/C28H34N8O/c1-19(2)32-23(18-29-4)14-20(3)24-7-6-22-17-31-26(16-25(22)33-24)34-28(37)21-8-9-30-27(15-21)36-12-10-35(5)11-13-36/h6-9,14-19,32H,4,10-13H2,1-3,5H3,(H,31,34,37)/b20-14+,23-18+. The molecule has 37 heavy (non-hydrogen) atoms. The first-order valence-corrected chi connectivity index (χ1v) is 12.4. The van der Waals surface area contributed by atoms with E-state index in [1.54, 1.807) is 30.7 Å². The molecule has 4 heterocycles. The summed E-state index contributed by atoms with van der Waals surface area (Å²) in [5.74, 6) is 1.02. The molecule has 2 N–H and O–H groups in total. The van der Waals surface area contributed by atoms with Crippen LogP contribution in [-0.2, 0) is 0 Å². The van der Waals surface area contributed by atoms with E-state index >= 15 is 0 Å². The number of likely N-dealkylation sites (N-methyl/N-ethyl adjacent to an activating group) is 1. The average Bonchev–Trinajstić information content (AvgIpc) is 2.88. The maximum atomic E-state index is 13.0. The first kappa shape index (κ1) is 26.0. The molecule has 9 heteroatoms. The van der Waals surface area contributed by atoms with Crippen LogP contribution in [0.1, 0.15) is 36.8 Å². The molecular weight excluding hydrogens is 464 g/mol. The Morgan fingerprint density at radius 1 is 1.14 bits per heavy atom. The quantitative estimate of drug-likeness (QED) is 0.358. The molecule has 0 spiro atoms. The molecule has 1 aliphatic heterocycles. The van der Waals surface area contributed by atoms with Gasteiger partial charge in [0.25, 0.3) is 5.91 Å². The Bertz CT molecular complexity index is 1340. The predicted octanol–water partition coefficient (Wildman–Crippen LogP) is 3.97. The number of hydrogen-bond donors (Lipinski definition) is 2. The van der Waals surface area contributed by atoms with E-state index in [2.05, 4.69) is 63.0 Å². The van der Waals surface area contributed by atoms with E-state index in [0.29, 0.717) is 11.4 Å². The highest BCUT2D eigenvalue weighted by atomic mass is 16.1. The van der Waals surface area contributed by atoms with Crippen molar-refractivity contribution in [1.82, 2.24) is 25.2 Å². The lowest BCUT2D eigenvalue weighted by atomic mass is 10.1. The number of piperazine rings is 1.